The molecule has 1 saturated heterocycles. The van der Waals surface area contributed by atoms with Crippen molar-refractivity contribution >= 4 is 29.3 Å². The van der Waals surface area contributed by atoms with Gasteiger partial charge in [-0.2, -0.15) is 0 Å². The molecule has 1 fully saturated rings. The summed E-state index contributed by atoms with van der Waals surface area (Å²) in [4.78, 5) is 26.8. The molecule has 0 bridgehead atoms. The lowest BCUT2D eigenvalue weighted by atomic mass is 10.1. The predicted molar refractivity (Wildman–Crippen MR) is 90.0 cm³/mol. The van der Waals surface area contributed by atoms with E-state index in [4.69, 9.17) is 0 Å². The Morgan fingerprint density at radius 3 is 2.79 bits per heavy atom. The van der Waals surface area contributed by atoms with Gasteiger partial charge in [-0.1, -0.05) is 42.1 Å². The van der Waals surface area contributed by atoms with Gasteiger partial charge in [0.25, 0.3) is 5.91 Å². The first-order valence-electron chi connectivity index (χ1n) is 7.75. The van der Waals surface area contributed by atoms with Gasteiger partial charge in [-0.15, -0.1) is 0 Å². The van der Waals surface area contributed by atoms with Crippen molar-refractivity contribution in [3.63, 3.8) is 0 Å². The van der Waals surface area contributed by atoms with E-state index < -0.39 is 4.87 Å². The van der Waals surface area contributed by atoms with Crippen molar-refractivity contribution in [1.82, 2.24) is 5.32 Å². The van der Waals surface area contributed by atoms with E-state index >= 15 is 0 Å². The molecule has 24 heavy (non-hydrogen) atoms. The molecule has 2 amide bonds. The molecule has 0 spiro atoms. The number of carbonyl (C=O) groups excluding carboxylic acids is 2. The summed E-state index contributed by atoms with van der Waals surface area (Å²) in [6, 6.07) is 13.9. The highest BCUT2D eigenvalue weighted by Gasteiger charge is 2.57. The maximum absolute atomic E-state index is 13.7. The molecule has 2 aromatic rings. The number of rotatable bonds is 3. The van der Waals surface area contributed by atoms with Gasteiger partial charge in [0.15, 0.2) is 4.87 Å². The Kier molecular flexibility index (Phi) is 3.57. The zero-order valence-electron chi connectivity index (χ0n) is 12.8. The molecule has 2 aliphatic heterocycles. The van der Waals surface area contributed by atoms with E-state index in [0.29, 0.717) is 18.4 Å². The lowest BCUT2D eigenvalue weighted by Gasteiger charge is -2.29. The lowest BCUT2D eigenvalue weighted by molar-refractivity contribution is -0.125. The minimum atomic E-state index is -0.952. The fourth-order valence-corrected chi connectivity index (χ4v) is 4.69. The van der Waals surface area contributed by atoms with Crippen molar-refractivity contribution in [3.05, 3.63) is 59.9 Å². The van der Waals surface area contributed by atoms with Gasteiger partial charge in [-0.25, -0.2) is 4.39 Å². The number of benzene rings is 2. The second kappa shape index (κ2) is 5.63. The molecule has 6 heteroatoms. The molecule has 1 N–H and O–H groups in total. The summed E-state index contributed by atoms with van der Waals surface area (Å²) >= 11 is 1.40. The van der Waals surface area contributed by atoms with Crippen LogP contribution in [-0.4, -0.2) is 16.7 Å². The maximum atomic E-state index is 13.7. The van der Waals surface area contributed by atoms with Gasteiger partial charge in [-0.05, 0) is 24.6 Å². The smallest absolute Gasteiger partial charge is 0.257 e. The van der Waals surface area contributed by atoms with Crippen molar-refractivity contribution < 1.29 is 14.0 Å². The van der Waals surface area contributed by atoms with Gasteiger partial charge in [0.05, 0.1) is 5.69 Å². The van der Waals surface area contributed by atoms with Crippen LogP contribution in [0, 0.1) is 5.82 Å². The first-order valence-corrected chi connectivity index (χ1v) is 8.56. The molecule has 122 valence electrons. The van der Waals surface area contributed by atoms with Gasteiger partial charge >= 0.3 is 0 Å². The highest BCUT2D eigenvalue weighted by Crippen LogP contribution is 2.55. The quantitative estimate of drug-likeness (QED) is 0.933. The molecule has 0 aromatic heterocycles. The monoisotopic (exact) mass is 342 g/mol. The summed E-state index contributed by atoms with van der Waals surface area (Å²) < 4.78 is 13.7. The molecule has 1 atom stereocenters. The van der Waals surface area contributed by atoms with E-state index in [1.54, 1.807) is 23.1 Å². The number of halogens is 1. The maximum Gasteiger partial charge on any atom is 0.257 e. The molecule has 0 aliphatic carbocycles. The Morgan fingerprint density at radius 2 is 1.96 bits per heavy atom. The van der Waals surface area contributed by atoms with E-state index in [-0.39, 0.29) is 24.2 Å². The first kappa shape index (κ1) is 15.2. The van der Waals surface area contributed by atoms with Gasteiger partial charge < -0.3 is 5.32 Å². The van der Waals surface area contributed by atoms with Crippen LogP contribution in [0.1, 0.15) is 18.4 Å². The molecule has 0 saturated carbocycles. The van der Waals surface area contributed by atoms with Crippen molar-refractivity contribution in [2.45, 2.75) is 29.2 Å². The van der Waals surface area contributed by atoms with E-state index in [0.717, 1.165) is 10.6 Å². The fourth-order valence-electron chi connectivity index (χ4n) is 3.25. The second-order valence-electron chi connectivity index (χ2n) is 5.86. The number of nitrogens with one attached hydrogen (secondary N) is 1. The number of carbonyl (C=O) groups is 2. The number of hydrogen-bond donors (Lipinski definition) is 1. The van der Waals surface area contributed by atoms with Crippen LogP contribution in [0.5, 0.6) is 0 Å². The van der Waals surface area contributed by atoms with Crippen LogP contribution in [0.15, 0.2) is 53.4 Å². The average Bonchev–Trinajstić information content (AvgIpc) is 3.10. The Bertz CT molecular complexity index is 841. The first-order chi connectivity index (χ1) is 11.6. The summed E-state index contributed by atoms with van der Waals surface area (Å²) in [5.41, 5.74) is 1.21. The molecule has 4 nitrogen and oxygen atoms in total. The second-order valence-corrected chi connectivity index (χ2v) is 7.18. The Labute approximate surface area is 143 Å². The minimum absolute atomic E-state index is 0.0477. The number of nitrogens with zero attached hydrogens (tertiary/aromatic N) is 1. The highest BCUT2D eigenvalue weighted by atomic mass is 32.2. The number of para-hydroxylation sites is 1. The molecular weight excluding hydrogens is 327 g/mol. The normalized spacial score (nSPS) is 21.5. The Hall–Kier alpha value is -2.34. The van der Waals surface area contributed by atoms with Crippen molar-refractivity contribution in [2.24, 2.45) is 0 Å². The zero-order chi connectivity index (χ0) is 16.7. The van der Waals surface area contributed by atoms with Crippen LogP contribution in [-0.2, 0) is 16.1 Å². The van der Waals surface area contributed by atoms with Gasteiger partial charge in [0.1, 0.15) is 5.82 Å². The van der Waals surface area contributed by atoms with E-state index in [1.807, 2.05) is 24.3 Å². The van der Waals surface area contributed by atoms with E-state index in [9.17, 15) is 14.0 Å². The largest absolute Gasteiger partial charge is 0.349 e. The standard InChI is InChI=1S/C18H15FN2O2S/c19-13-6-2-1-5-12(13)11-20-17(23)18-10-9-16(22)21(18)14-7-3-4-8-15(14)24-18/h1-8H,9-11H2,(H,20,23). The third kappa shape index (κ3) is 2.21. The van der Waals surface area contributed by atoms with Gasteiger partial charge in [0.2, 0.25) is 5.91 Å². The van der Waals surface area contributed by atoms with Crippen molar-refractivity contribution in [1.29, 1.82) is 0 Å². The topological polar surface area (TPSA) is 49.4 Å². The molecule has 1 unspecified atom stereocenters. The van der Waals surface area contributed by atoms with Crippen LogP contribution in [0.25, 0.3) is 0 Å². The number of thioether (sulfide) groups is 1. The van der Waals surface area contributed by atoms with Crippen LogP contribution in [0.2, 0.25) is 0 Å². The Balaban J connectivity index is 1.60. The number of hydrogen-bond acceptors (Lipinski definition) is 3. The SMILES string of the molecule is O=C1CCC2(C(=O)NCc3ccccc3F)Sc3ccccc3N12. The van der Waals surface area contributed by atoms with Crippen molar-refractivity contribution in [3.8, 4) is 0 Å². The van der Waals surface area contributed by atoms with Crippen LogP contribution in [0.4, 0.5) is 10.1 Å². The number of anilines is 1. The number of fused-ring (bicyclic) bond motifs is 3. The predicted octanol–water partition coefficient (Wildman–Crippen LogP) is 3.07. The third-order valence-corrected chi connectivity index (χ3v) is 5.90. The molecule has 2 aliphatic rings. The fraction of sp³-hybridized carbons (Fsp3) is 0.222. The number of amides is 2. The molecule has 2 heterocycles. The summed E-state index contributed by atoms with van der Waals surface area (Å²) in [6.07, 6.45) is 0.794. The van der Waals surface area contributed by atoms with Crippen molar-refractivity contribution in [2.75, 3.05) is 4.90 Å². The van der Waals surface area contributed by atoms with E-state index in [2.05, 4.69) is 5.32 Å². The zero-order valence-corrected chi connectivity index (χ0v) is 13.6. The highest BCUT2D eigenvalue weighted by molar-refractivity contribution is 8.02. The van der Waals surface area contributed by atoms with Crippen LogP contribution in [0.3, 0.4) is 0 Å². The average molecular weight is 342 g/mol. The lowest BCUT2D eigenvalue weighted by Crippen LogP contribution is -2.52. The summed E-state index contributed by atoms with van der Waals surface area (Å²) in [5, 5.41) is 2.81. The van der Waals surface area contributed by atoms with E-state index in [1.165, 1.54) is 17.8 Å². The molecular formula is C18H15FN2O2S. The minimum Gasteiger partial charge on any atom is -0.349 e. The van der Waals surface area contributed by atoms with Gasteiger partial charge in [0, 0.05) is 23.4 Å². The molecule has 4 rings (SSSR count). The Morgan fingerprint density at radius 1 is 1.21 bits per heavy atom. The molecule has 0 radical (unpaired) electrons. The molecule has 2 aromatic carbocycles. The third-order valence-electron chi connectivity index (χ3n) is 4.43. The van der Waals surface area contributed by atoms with Crippen LogP contribution >= 0.6 is 11.8 Å². The summed E-state index contributed by atoms with van der Waals surface area (Å²) in [6.45, 7) is 0.103. The summed E-state index contributed by atoms with van der Waals surface area (Å²) in [7, 11) is 0. The van der Waals surface area contributed by atoms with Crippen LogP contribution < -0.4 is 10.2 Å². The van der Waals surface area contributed by atoms with Gasteiger partial charge in [-0.3, -0.25) is 14.5 Å². The summed E-state index contributed by atoms with van der Waals surface area (Å²) in [5.74, 6) is -0.650.